The van der Waals surface area contributed by atoms with Gasteiger partial charge in [-0.2, -0.15) is 13.2 Å². The lowest BCUT2D eigenvalue weighted by Gasteiger charge is -2.15. The molecule has 5 nitrogen and oxygen atoms in total. The van der Waals surface area contributed by atoms with E-state index in [1.165, 1.54) is 36.4 Å². The van der Waals surface area contributed by atoms with E-state index >= 15 is 0 Å². The van der Waals surface area contributed by atoms with Crippen LogP contribution in [0.15, 0.2) is 72.8 Å². The molecule has 3 aromatic rings. The van der Waals surface area contributed by atoms with Gasteiger partial charge in [-0.05, 0) is 60.7 Å². The number of amides is 1. The first-order valence-corrected chi connectivity index (χ1v) is 10.7. The summed E-state index contributed by atoms with van der Waals surface area (Å²) in [6.07, 6.45) is -3.30. The maximum absolute atomic E-state index is 13.6. The summed E-state index contributed by atoms with van der Waals surface area (Å²) in [5.74, 6) is -1.80. The van der Waals surface area contributed by atoms with Crippen LogP contribution in [-0.2, 0) is 23.8 Å². The monoisotopic (exact) mass is 471 g/mol. The van der Waals surface area contributed by atoms with E-state index in [0.29, 0.717) is 24.1 Å². The Balaban J connectivity index is 1.57. The molecule has 0 bridgehead atoms. The van der Waals surface area contributed by atoms with Crippen LogP contribution in [0.5, 0.6) is 5.75 Å². The van der Waals surface area contributed by atoms with Gasteiger partial charge in [-0.15, -0.1) is 0 Å². The van der Waals surface area contributed by atoms with Crippen LogP contribution in [-0.4, -0.2) is 23.6 Å². The summed E-state index contributed by atoms with van der Waals surface area (Å²) in [6.45, 7) is 0.148. The van der Waals surface area contributed by atoms with Crippen molar-refractivity contribution in [2.45, 2.75) is 31.9 Å². The standard InChI is InChI=1S/C26H24F3NO4/c27-26(28,29)22-16-19(11-13-23(22)34-15-5-8-18-6-2-1-3-7-18)12-14-24(31)30-21-10-4-9-20(17-21)25(32)33/h1-4,6-7,9-11,13,16-17H,5,8,12,14-15H2,(H,30,31)(H,32,33). The normalized spacial score (nSPS) is 11.1. The average Bonchev–Trinajstić information content (AvgIpc) is 2.81. The number of carbonyl (C=O) groups excluding carboxylic acids is 1. The molecule has 0 atom stereocenters. The lowest BCUT2D eigenvalue weighted by atomic mass is 10.0. The predicted octanol–water partition coefficient (Wildman–Crippen LogP) is 5.99. The van der Waals surface area contributed by atoms with Crippen molar-refractivity contribution in [1.29, 1.82) is 0 Å². The molecular weight excluding hydrogens is 447 g/mol. The smallest absolute Gasteiger partial charge is 0.419 e. The lowest BCUT2D eigenvalue weighted by molar-refractivity contribution is -0.139. The molecule has 34 heavy (non-hydrogen) atoms. The first-order chi connectivity index (χ1) is 16.2. The number of halogens is 3. The Morgan fingerprint density at radius 1 is 0.882 bits per heavy atom. The van der Waals surface area contributed by atoms with Gasteiger partial charge >= 0.3 is 12.1 Å². The number of aromatic carboxylic acids is 1. The fraction of sp³-hybridized carbons (Fsp3) is 0.231. The summed E-state index contributed by atoms with van der Waals surface area (Å²) in [5.41, 5.74) is 0.884. The van der Waals surface area contributed by atoms with Crippen LogP contribution in [0.2, 0.25) is 0 Å². The molecule has 1 amide bonds. The molecule has 0 aliphatic rings. The van der Waals surface area contributed by atoms with Crippen molar-refractivity contribution in [1.82, 2.24) is 0 Å². The molecule has 0 aliphatic carbocycles. The van der Waals surface area contributed by atoms with Gasteiger partial charge in [0.15, 0.2) is 0 Å². The molecule has 2 N–H and O–H groups in total. The molecule has 3 aromatic carbocycles. The fourth-order valence-electron chi connectivity index (χ4n) is 3.39. The topological polar surface area (TPSA) is 75.6 Å². The van der Waals surface area contributed by atoms with Crippen LogP contribution < -0.4 is 10.1 Å². The molecule has 0 unspecified atom stereocenters. The average molecular weight is 471 g/mol. The summed E-state index contributed by atoms with van der Waals surface area (Å²) in [4.78, 5) is 23.2. The second kappa shape index (κ2) is 11.4. The Bertz CT molecular complexity index is 1130. The molecule has 178 valence electrons. The summed E-state index contributed by atoms with van der Waals surface area (Å²) in [7, 11) is 0. The third kappa shape index (κ3) is 7.37. The van der Waals surface area contributed by atoms with Gasteiger partial charge < -0.3 is 15.2 Å². The highest BCUT2D eigenvalue weighted by molar-refractivity contribution is 5.93. The number of carbonyl (C=O) groups is 2. The third-order valence-corrected chi connectivity index (χ3v) is 5.09. The molecular formula is C26H24F3NO4. The van der Waals surface area contributed by atoms with Gasteiger partial charge in [0.05, 0.1) is 17.7 Å². The molecule has 0 heterocycles. The largest absolute Gasteiger partial charge is 0.493 e. The number of aryl methyl sites for hydroxylation is 2. The fourth-order valence-corrected chi connectivity index (χ4v) is 3.39. The van der Waals surface area contributed by atoms with E-state index in [4.69, 9.17) is 9.84 Å². The number of carboxylic acid groups (broad SMARTS) is 1. The third-order valence-electron chi connectivity index (χ3n) is 5.09. The van der Waals surface area contributed by atoms with Crippen molar-refractivity contribution in [2.75, 3.05) is 11.9 Å². The van der Waals surface area contributed by atoms with Gasteiger partial charge in [0.2, 0.25) is 5.91 Å². The van der Waals surface area contributed by atoms with Crippen molar-refractivity contribution in [3.8, 4) is 5.75 Å². The number of alkyl halides is 3. The zero-order chi connectivity index (χ0) is 24.6. The van der Waals surface area contributed by atoms with E-state index in [9.17, 15) is 22.8 Å². The first-order valence-electron chi connectivity index (χ1n) is 10.7. The summed E-state index contributed by atoms with van der Waals surface area (Å²) in [5, 5.41) is 11.6. The molecule has 0 saturated heterocycles. The highest BCUT2D eigenvalue weighted by atomic mass is 19.4. The Morgan fingerprint density at radius 3 is 2.35 bits per heavy atom. The van der Waals surface area contributed by atoms with Crippen LogP contribution >= 0.6 is 0 Å². The predicted molar refractivity (Wildman–Crippen MR) is 122 cm³/mol. The van der Waals surface area contributed by atoms with Crippen molar-refractivity contribution in [3.05, 3.63) is 95.1 Å². The zero-order valence-corrected chi connectivity index (χ0v) is 18.3. The van der Waals surface area contributed by atoms with Gasteiger partial charge in [0, 0.05) is 12.1 Å². The van der Waals surface area contributed by atoms with Crippen LogP contribution in [0.25, 0.3) is 0 Å². The van der Waals surface area contributed by atoms with Crippen molar-refractivity contribution in [2.24, 2.45) is 0 Å². The summed E-state index contributed by atoms with van der Waals surface area (Å²) >= 11 is 0. The summed E-state index contributed by atoms with van der Waals surface area (Å²) < 4.78 is 46.2. The van der Waals surface area contributed by atoms with Crippen LogP contribution in [0.1, 0.15) is 39.9 Å². The van der Waals surface area contributed by atoms with Crippen LogP contribution in [0.4, 0.5) is 18.9 Å². The molecule has 0 spiro atoms. The van der Waals surface area contributed by atoms with Crippen LogP contribution in [0.3, 0.4) is 0 Å². The quantitative estimate of drug-likeness (QED) is 0.357. The first kappa shape index (κ1) is 24.8. The lowest BCUT2D eigenvalue weighted by Crippen LogP contribution is -2.14. The minimum absolute atomic E-state index is 0.0203. The highest BCUT2D eigenvalue weighted by Gasteiger charge is 2.34. The number of hydrogen-bond acceptors (Lipinski definition) is 3. The minimum Gasteiger partial charge on any atom is -0.493 e. The van der Waals surface area contributed by atoms with E-state index < -0.39 is 23.6 Å². The molecule has 0 radical (unpaired) electrons. The van der Waals surface area contributed by atoms with E-state index in [1.807, 2.05) is 30.3 Å². The number of hydrogen-bond donors (Lipinski definition) is 2. The van der Waals surface area contributed by atoms with Gasteiger partial charge in [0.25, 0.3) is 0 Å². The molecule has 8 heteroatoms. The molecule has 0 aliphatic heterocycles. The van der Waals surface area contributed by atoms with E-state index in [0.717, 1.165) is 11.6 Å². The number of rotatable bonds is 10. The molecule has 3 rings (SSSR count). The molecule has 0 saturated carbocycles. The molecule has 0 fully saturated rings. The Kier molecular flexibility index (Phi) is 8.29. The second-order valence-corrected chi connectivity index (χ2v) is 7.70. The minimum atomic E-state index is -4.59. The number of benzene rings is 3. The number of anilines is 1. The van der Waals surface area contributed by atoms with Gasteiger partial charge in [0.1, 0.15) is 5.75 Å². The zero-order valence-electron chi connectivity index (χ0n) is 18.3. The summed E-state index contributed by atoms with van der Waals surface area (Å²) in [6, 6.07) is 19.2. The van der Waals surface area contributed by atoms with E-state index in [1.54, 1.807) is 0 Å². The van der Waals surface area contributed by atoms with Gasteiger partial charge in [-0.1, -0.05) is 42.5 Å². The number of nitrogens with one attached hydrogen (secondary N) is 1. The van der Waals surface area contributed by atoms with Crippen molar-refractivity contribution >= 4 is 17.6 Å². The maximum Gasteiger partial charge on any atom is 0.419 e. The number of carboxylic acids is 1. The molecule has 0 aromatic heterocycles. The van der Waals surface area contributed by atoms with Gasteiger partial charge in [-0.3, -0.25) is 4.79 Å². The van der Waals surface area contributed by atoms with Crippen molar-refractivity contribution < 1.29 is 32.6 Å². The number of ether oxygens (including phenoxy) is 1. The maximum atomic E-state index is 13.6. The van der Waals surface area contributed by atoms with Crippen molar-refractivity contribution in [3.63, 3.8) is 0 Å². The Labute approximate surface area is 195 Å². The van der Waals surface area contributed by atoms with Gasteiger partial charge in [-0.25, -0.2) is 4.79 Å². The highest BCUT2D eigenvalue weighted by Crippen LogP contribution is 2.37. The van der Waals surface area contributed by atoms with Crippen LogP contribution in [0, 0.1) is 0 Å². The Hall–Kier alpha value is -3.81. The Morgan fingerprint density at radius 2 is 1.65 bits per heavy atom. The van der Waals surface area contributed by atoms with E-state index in [2.05, 4.69) is 5.32 Å². The SMILES string of the molecule is O=C(CCc1ccc(OCCCc2ccccc2)c(C(F)(F)F)c1)Nc1cccc(C(=O)O)c1. The van der Waals surface area contributed by atoms with E-state index in [-0.39, 0.29) is 30.8 Å². The second-order valence-electron chi connectivity index (χ2n) is 7.70.